The summed E-state index contributed by atoms with van der Waals surface area (Å²) in [4.78, 5) is 0. The van der Waals surface area contributed by atoms with E-state index in [1.165, 1.54) is 0 Å². The summed E-state index contributed by atoms with van der Waals surface area (Å²) >= 11 is 0. The van der Waals surface area contributed by atoms with Crippen molar-refractivity contribution in [1.29, 1.82) is 0 Å². The third-order valence-electron chi connectivity index (χ3n) is 2.34. The second-order valence-corrected chi connectivity index (χ2v) is 4.57. The van der Waals surface area contributed by atoms with Gasteiger partial charge in [-0.3, -0.25) is 4.72 Å². The molecular weight excluding hydrogens is 237 g/mol. The summed E-state index contributed by atoms with van der Waals surface area (Å²) in [6, 6.07) is 6.93. The van der Waals surface area contributed by atoms with Crippen LogP contribution in [0.2, 0.25) is 0 Å². The van der Waals surface area contributed by atoms with Crippen molar-refractivity contribution >= 4 is 16.0 Å². The summed E-state index contributed by atoms with van der Waals surface area (Å²) in [6.07, 6.45) is 0.887. The van der Waals surface area contributed by atoms with E-state index in [9.17, 15) is 13.0 Å². The van der Waals surface area contributed by atoms with E-state index in [0.717, 1.165) is 12.0 Å². The second-order valence-electron chi connectivity index (χ2n) is 3.45. The first-order valence-electron chi connectivity index (χ1n) is 4.76. The minimum absolute atomic E-state index is 0. The summed E-state index contributed by atoms with van der Waals surface area (Å²) in [7, 11) is -4.44. The van der Waals surface area contributed by atoms with Crippen LogP contribution in [0.5, 0.6) is 0 Å². The van der Waals surface area contributed by atoms with Gasteiger partial charge in [0.1, 0.15) is 0 Å². The molecule has 1 aromatic rings. The van der Waals surface area contributed by atoms with Crippen LogP contribution in [0, 0.1) is 0 Å². The van der Waals surface area contributed by atoms with E-state index in [-0.39, 0.29) is 35.5 Å². The smallest absolute Gasteiger partial charge is 0.731 e. The number of nitrogens with one attached hydrogen (secondary N) is 1. The fourth-order valence-electron chi connectivity index (χ4n) is 1.37. The molecule has 6 heteroatoms. The van der Waals surface area contributed by atoms with Gasteiger partial charge < -0.3 is 4.55 Å². The molecule has 1 atom stereocenters. The van der Waals surface area contributed by atoms with Gasteiger partial charge in [-0.15, -0.1) is 0 Å². The van der Waals surface area contributed by atoms with E-state index in [2.05, 4.69) is 0 Å². The van der Waals surface area contributed by atoms with Crippen molar-refractivity contribution in [3.63, 3.8) is 0 Å². The quantitative estimate of drug-likeness (QED) is 0.555. The van der Waals surface area contributed by atoms with Crippen LogP contribution in [0.3, 0.4) is 0 Å². The van der Waals surface area contributed by atoms with E-state index >= 15 is 0 Å². The zero-order valence-corrected chi connectivity index (χ0v) is 12.5. The third kappa shape index (κ3) is 4.84. The molecular formula is C10H14NNaO3S. The molecule has 0 saturated carbocycles. The van der Waals surface area contributed by atoms with Crippen LogP contribution >= 0.6 is 0 Å². The van der Waals surface area contributed by atoms with Gasteiger partial charge in [0.05, 0.1) is 5.69 Å². The minimum atomic E-state index is -4.44. The Kier molecular flexibility index (Phi) is 6.58. The number of hydrogen-bond donors (Lipinski definition) is 1. The van der Waals surface area contributed by atoms with Crippen molar-refractivity contribution in [1.82, 2.24) is 0 Å². The Morgan fingerprint density at radius 2 is 1.94 bits per heavy atom. The van der Waals surface area contributed by atoms with E-state index in [1.807, 2.05) is 30.7 Å². The zero-order valence-electron chi connectivity index (χ0n) is 9.73. The maximum atomic E-state index is 10.6. The zero-order chi connectivity index (χ0) is 11.5. The van der Waals surface area contributed by atoms with Crippen LogP contribution in [0.1, 0.15) is 31.7 Å². The SMILES string of the molecule is CCC(C)c1ccccc1NS(=O)(=O)[O-].[Na+]. The first-order valence-corrected chi connectivity index (χ1v) is 6.17. The molecule has 1 unspecified atom stereocenters. The molecule has 16 heavy (non-hydrogen) atoms. The molecule has 0 saturated heterocycles. The van der Waals surface area contributed by atoms with Crippen molar-refractivity contribution in [3.8, 4) is 0 Å². The largest absolute Gasteiger partial charge is 1.00 e. The number of para-hydroxylation sites is 1. The van der Waals surface area contributed by atoms with Gasteiger partial charge in [-0.2, -0.15) is 0 Å². The van der Waals surface area contributed by atoms with Crippen LogP contribution in [-0.2, 0) is 10.3 Å². The second kappa shape index (κ2) is 6.61. The van der Waals surface area contributed by atoms with E-state index in [0.29, 0.717) is 5.69 Å². The number of rotatable bonds is 4. The first-order chi connectivity index (χ1) is 6.94. The molecule has 0 aliphatic heterocycles. The molecule has 1 N–H and O–H groups in total. The first kappa shape index (κ1) is 15.9. The fraction of sp³-hybridized carbons (Fsp3) is 0.400. The molecule has 0 spiro atoms. The van der Waals surface area contributed by atoms with Gasteiger partial charge in [-0.1, -0.05) is 32.0 Å². The van der Waals surface area contributed by atoms with Crippen LogP contribution in [0.4, 0.5) is 5.69 Å². The van der Waals surface area contributed by atoms with Gasteiger partial charge in [-0.25, -0.2) is 8.42 Å². The maximum Gasteiger partial charge on any atom is 1.00 e. The van der Waals surface area contributed by atoms with Crippen molar-refractivity contribution in [2.24, 2.45) is 0 Å². The Hall–Kier alpha value is -0.0700. The molecule has 1 rings (SSSR count). The Morgan fingerprint density at radius 1 is 1.38 bits per heavy atom. The number of benzene rings is 1. The monoisotopic (exact) mass is 251 g/mol. The summed E-state index contributed by atoms with van der Waals surface area (Å²) in [6.45, 7) is 3.99. The summed E-state index contributed by atoms with van der Waals surface area (Å²) in [5.41, 5.74) is 1.22. The van der Waals surface area contributed by atoms with Gasteiger partial charge in [0.25, 0.3) is 0 Å². The Labute approximate surface area is 119 Å². The van der Waals surface area contributed by atoms with E-state index in [4.69, 9.17) is 0 Å². The van der Waals surface area contributed by atoms with Gasteiger partial charge >= 0.3 is 29.6 Å². The van der Waals surface area contributed by atoms with Crippen LogP contribution in [0.25, 0.3) is 0 Å². The molecule has 0 amide bonds. The van der Waals surface area contributed by atoms with Gasteiger partial charge in [0, 0.05) is 0 Å². The number of anilines is 1. The predicted octanol–water partition coefficient (Wildman–Crippen LogP) is -0.924. The molecule has 1 aromatic carbocycles. The summed E-state index contributed by atoms with van der Waals surface area (Å²) in [5.74, 6) is 0.218. The van der Waals surface area contributed by atoms with Gasteiger partial charge in [0.2, 0.25) is 0 Å². The maximum absolute atomic E-state index is 10.6. The Morgan fingerprint density at radius 3 is 2.44 bits per heavy atom. The molecule has 0 radical (unpaired) electrons. The molecule has 84 valence electrons. The van der Waals surface area contributed by atoms with Crippen molar-refractivity contribution in [2.75, 3.05) is 4.72 Å². The molecule has 4 nitrogen and oxygen atoms in total. The van der Waals surface area contributed by atoms with Crippen molar-refractivity contribution in [3.05, 3.63) is 29.8 Å². The van der Waals surface area contributed by atoms with Crippen LogP contribution < -0.4 is 34.3 Å². The average Bonchev–Trinajstić information content (AvgIpc) is 2.15. The Bertz CT molecular complexity index is 433. The minimum Gasteiger partial charge on any atom is -0.731 e. The molecule has 0 aliphatic rings. The molecule has 0 aromatic heterocycles. The van der Waals surface area contributed by atoms with E-state index in [1.54, 1.807) is 12.1 Å². The van der Waals surface area contributed by atoms with E-state index < -0.39 is 10.3 Å². The summed E-state index contributed by atoms with van der Waals surface area (Å²) < 4.78 is 33.8. The molecule has 0 fully saturated rings. The Balaban J connectivity index is 0.00000225. The molecule has 0 bridgehead atoms. The van der Waals surface area contributed by atoms with Crippen LogP contribution in [0.15, 0.2) is 24.3 Å². The van der Waals surface area contributed by atoms with Gasteiger partial charge in [0.15, 0.2) is 10.3 Å². The fourth-order valence-corrected chi connectivity index (χ4v) is 1.83. The van der Waals surface area contributed by atoms with Crippen molar-refractivity contribution in [2.45, 2.75) is 26.2 Å². The van der Waals surface area contributed by atoms with Gasteiger partial charge in [-0.05, 0) is 24.0 Å². The standard InChI is InChI=1S/C10H15NO3S.Na/c1-3-8(2)9-6-4-5-7-10(9)11-15(12,13)14;/h4-8,11H,3H2,1-2H3,(H,12,13,14);/q;+1/p-1. The summed E-state index contributed by atoms with van der Waals surface area (Å²) in [5, 5.41) is 0. The van der Waals surface area contributed by atoms with Crippen LogP contribution in [-0.4, -0.2) is 13.0 Å². The number of hydrogen-bond acceptors (Lipinski definition) is 3. The molecule has 0 aliphatic carbocycles. The molecule has 0 heterocycles. The normalized spacial score (nSPS) is 12.7. The third-order valence-corrected chi connectivity index (χ3v) is 2.81. The topological polar surface area (TPSA) is 69.2 Å². The average molecular weight is 251 g/mol. The van der Waals surface area contributed by atoms with Crippen molar-refractivity contribution < 1.29 is 42.5 Å². The predicted molar refractivity (Wildman–Crippen MR) is 58.5 cm³/mol.